The number of nitrogens with one attached hydrogen (secondary N) is 1. The van der Waals surface area contributed by atoms with Crippen LogP contribution in [0.5, 0.6) is 0 Å². The van der Waals surface area contributed by atoms with Gasteiger partial charge in [0.2, 0.25) is 11.0 Å². The van der Waals surface area contributed by atoms with Crippen molar-refractivity contribution in [2.24, 2.45) is 0 Å². The van der Waals surface area contributed by atoms with Gasteiger partial charge in [0.05, 0.1) is 0 Å². The highest BCUT2D eigenvalue weighted by Crippen LogP contribution is 2.21. The van der Waals surface area contributed by atoms with E-state index in [0.29, 0.717) is 25.9 Å². The van der Waals surface area contributed by atoms with Crippen molar-refractivity contribution >= 4 is 22.6 Å². The summed E-state index contributed by atoms with van der Waals surface area (Å²) in [5.74, 6) is 0.921. The summed E-state index contributed by atoms with van der Waals surface area (Å²) in [4.78, 5) is 21.9. The molecule has 0 atom stereocenters. The molecule has 0 saturated carbocycles. The van der Waals surface area contributed by atoms with Crippen molar-refractivity contribution in [3.63, 3.8) is 0 Å². The fourth-order valence-electron chi connectivity index (χ4n) is 4.13. The summed E-state index contributed by atoms with van der Waals surface area (Å²) in [7, 11) is 0. The molecule has 1 amide bonds. The van der Waals surface area contributed by atoms with Gasteiger partial charge < -0.3 is 15.1 Å². The number of hydrogen-bond donors (Lipinski definition) is 1. The predicted molar refractivity (Wildman–Crippen MR) is 135 cm³/mol. The van der Waals surface area contributed by atoms with Crippen LogP contribution >= 0.6 is 11.5 Å². The Kier molecular flexibility index (Phi) is 8.83. The Morgan fingerprint density at radius 1 is 0.970 bits per heavy atom. The van der Waals surface area contributed by atoms with Crippen molar-refractivity contribution in [2.45, 2.75) is 38.6 Å². The lowest BCUT2D eigenvalue weighted by Gasteiger charge is -2.26. The molecule has 3 aromatic rings. The van der Waals surface area contributed by atoms with Crippen LogP contribution < -0.4 is 10.2 Å². The highest BCUT2D eigenvalue weighted by Gasteiger charge is 2.16. The van der Waals surface area contributed by atoms with E-state index >= 15 is 0 Å². The topological polar surface area (TPSA) is 61.4 Å². The Bertz CT molecular complexity index is 973. The Labute approximate surface area is 200 Å². The number of benzene rings is 2. The molecule has 0 radical (unpaired) electrons. The molecule has 174 valence electrons. The van der Waals surface area contributed by atoms with Crippen molar-refractivity contribution in [3.8, 4) is 0 Å². The molecule has 6 nitrogen and oxygen atoms in total. The Balaban J connectivity index is 1.33. The van der Waals surface area contributed by atoms with E-state index in [-0.39, 0.29) is 5.91 Å². The minimum atomic E-state index is 0.0964. The van der Waals surface area contributed by atoms with Crippen molar-refractivity contribution in [1.29, 1.82) is 0 Å². The van der Waals surface area contributed by atoms with Crippen molar-refractivity contribution < 1.29 is 4.79 Å². The van der Waals surface area contributed by atoms with E-state index in [2.05, 4.69) is 43.8 Å². The van der Waals surface area contributed by atoms with Crippen LogP contribution in [0.4, 0.5) is 5.13 Å². The quantitative estimate of drug-likeness (QED) is 0.463. The highest BCUT2D eigenvalue weighted by atomic mass is 32.1. The molecule has 0 unspecified atom stereocenters. The SMILES string of the molecule is O=C(CCN(Cc1ccccc1)c1nc(Cc2ccccc2)ns1)NCCN1CCCCC1. The van der Waals surface area contributed by atoms with Crippen LogP contribution in [0, 0.1) is 0 Å². The molecule has 1 aromatic heterocycles. The number of carbonyl (C=O) groups is 1. The standard InChI is InChI=1S/C26H33N5OS/c32-25(27-15-19-30-16-8-3-9-17-30)14-18-31(21-23-12-6-2-7-13-23)26-28-24(29-33-26)20-22-10-4-1-5-11-22/h1-2,4-7,10-13H,3,8-9,14-21H2,(H,27,32). The molecule has 1 aliphatic rings. The predicted octanol–water partition coefficient (Wildman–Crippen LogP) is 4.13. The van der Waals surface area contributed by atoms with Crippen LogP contribution in [0.1, 0.15) is 42.6 Å². The normalized spacial score (nSPS) is 14.2. The first kappa shape index (κ1) is 23.4. The lowest BCUT2D eigenvalue weighted by Crippen LogP contribution is -2.38. The van der Waals surface area contributed by atoms with Gasteiger partial charge >= 0.3 is 0 Å². The van der Waals surface area contributed by atoms with Crippen LogP contribution in [-0.4, -0.2) is 52.9 Å². The first-order chi connectivity index (χ1) is 16.3. The Hall–Kier alpha value is -2.77. The lowest BCUT2D eigenvalue weighted by molar-refractivity contribution is -0.120. The number of nitrogens with zero attached hydrogens (tertiary/aromatic N) is 4. The molecular weight excluding hydrogens is 430 g/mol. The van der Waals surface area contributed by atoms with Crippen molar-refractivity contribution in [3.05, 3.63) is 77.6 Å². The number of carbonyl (C=O) groups excluding carboxylic acids is 1. The maximum absolute atomic E-state index is 12.5. The van der Waals surface area contributed by atoms with Crippen LogP contribution in [-0.2, 0) is 17.8 Å². The summed E-state index contributed by atoms with van der Waals surface area (Å²) in [6.07, 6.45) is 5.04. The lowest BCUT2D eigenvalue weighted by atomic mass is 10.1. The molecule has 1 saturated heterocycles. The number of rotatable bonds is 11. The van der Waals surface area contributed by atoms with Gasteiger partial charge in [0.1, 0.15) is 5.82 Å². The largest absolute Gasteiger partial charge is 0.355 e. The molecule has 2 aromatic carbocycles. The van der Waals surface area contributed by atoms with Gasteiger partial charge in [-0.2, -0.15) is 4.37 Å². The smallest absolute Gasteiger partial charge is 0.221 e. The van der Waals surface area contributed by atoms with E-state index in [9.17, 15) is 4.79 Å². The first-order valence-corrected chi connectivity index (χ1v) is 12.7. The molecule has 2 heterocycles. The summed E-state index contributed by atoms with van der Waals surface area (Å²) in [6.45, 7) is 5.30. The zero-order chi connectivity index (χ0) is 22.7. The van der Waals surface area contributed by atoms with E-state index in [1.807, 2.05) is 36.4 Å². The third-order valence-corrected chi connectivity index (χ3v) is 6.77. The average molecular weight is 464 g/mol. The van der Waals surface area contributed by atoms with Crippen LogP contribution in [0.25, 0.3) is 0 Å². The van der Waals surface area contributed by atoms with E-state index in [0.717, 1.165) is 37.1 Å². The molecule has 4 rings (SSSR count). The third-order valence-electron chi connectivity index (χ3n) is 5.96. The Morgan fingerprint density at radius 3 is 2.39 bits per heavy atom. The van der Waals surface area contributed by atoms with E-state index in [1.54, 1.807) is 0 Å². The maximum Gasteiger partial charge on any atom is 0.221 e. The molecule has 1 N–H and O–H groups in total. The number of aromatic nitrogens is 2. The van der Waals surface area contributed by atoms with E-state index < -0.39 is 0 Å². The summed E-state index contributed by atoms with van der Waals surface area (Å²) >= 11 is 1.41. The van der Waals surface area contributed by atoms with Gasteiger partial charge in [-0.1, -0.05) is 67.1 Å². The van der Waals surface area contributed by atoms with Gasteiger partial charge in [0.15, 0.2) is 0 Å². The molecule has 7 heteroatoms. The zero-order valence-corrected chi connectivity index (χ0v) is 20.0. The molecule has 0 bridgehead atoms. The van der Waals surface area contributed by atoms with Crippen molar-refractivity contribution in [1.82, 2.24) is 19.6 Å². The van der Waals surface area contributed by atoms with Crippen LogP contribution in [0.3, 0.4) is 0 Å². The molecule has 33 heavy (non-hydrogen) atoms. The fraction of sp³-hybridized carbons (Fsp3) is 0.423. The first-order valence-electron chi connectivity index (χ1n) is 11.9. The third kappa shape index (κ3) is 7.65. The molecule has 0 aliphatic carbocycles. The number of amides is 1. The van der Waals surface area contributed by atoms with Gasteiger partial charge in [-0.3, -0.25) is 4.79 Å². The number of anilines is 1. The number of piperidine rings is 1. The monoisotopic (exact) mass is 463 g/mol. The second kappa shape index (κ2) is 12.5. The highest BCUT2D eigenvalue weighted by molar-refractivity contribution is 7.09. The van der Waals surface area contributed by atoms with Crippen LogP contribution in [0.15, 0.2) is 60.7 Å². The zero-order valence-electron chi connectivity index (χ0n) is 19.2. The molecular formula is C26H33N5OS. The van der Waals surface area contributed by atoms with Gasteiger partial charge in [0, 0.05) is 50.6 Å². The van der Waals surface area contributed by atoms with Gasteiger partial charge in [0.25, 0.3) is 0 Å². The number of hydrogen-bond acceptors (Lipinski definition) is 6. The summed E-state index contributed by atoms with van der Waals surface area (Å²) in [6, 6.07) is 20.6. The van der Waals surface area contributed by atoms with E-state index in [1.165, 1.54) is 41.9 Å². The second-order valence-electron chi connectivity index (χ2n) is 8.56. The van der Waals surface area contributed by atoms with Gasteiger partial charge in [-0.25, -0.2) is 4.98 Å². The van der Waals surface area contributed by atoms with Gasteiger partial charge in [-0.05, 0) is 37.1 Å². The maximum atomic E-state index is 12.5. The summed E-state index contributed by atoms with van der Waals surface area (Å²) in [5, 5.41) is 3.97. The second-order valence-corrected chi connectivity index (χ2v) is 9.30. The molecule has 1 fully saturated rings. The number of likely N-dealkylation sites (tertiary alicyclic amines) is 1. The van der Waals surface area contributed by atoms with Crippen LogP contribution in [0.2, 0.25) is 0 Å². The minimum Gasteiger partial charge on any atom is -0.355 e. The minimum absolute atomic E-state index is 0.0964. The van der Waals surface area contributed by atoms with E-state index in [4.69, 9.17) is 4.98 Å². The summed E-state index contributed by atoms with van der Waals surface area (Å²) < 4.78 is 4.59. The molecule has 0 spiro atoms. The van der Waals surface area contributed by atoms with Crippen molar-refractivity contribution in [2.75, 3.05) is 37.6 Å². The fourth-order valence-corrected chi connectivity index (χ4v) is 4.84. The molecule has 1 aliphatic heterocycles. The Morgan fingerprint density at radius 2 is 1.67 bits per heavy atom. The van der Waals surface area contributed by atoms with Gasteiger partial charge in [-0.15, -0.1) is 0 Å². The summed E-state index contributed by atoms with van der Waals surface area (Å²) in [5.41, 5.74) is 2.40. The average Bonchev–Trinajstić information content (AvgIpc) is 3.32.